The van der Waals surface area contributed by atoms with Gasteiger partial charge in [-0.1, -0.05) is 38.5 Å². The second-order valence-corrected chi connectivity index (χ2v) is 7.82. The zero-order valence-electron chi connectivity index (χ0n) is 13.8. The van der Waals surface area contributed by atoms with Gasteiger partial charge in [-0.05, 0) is 49.9 Å². The van der Waals surface area contributed by atoms with Crippen molar-refractivity contribution in [1.82, 2.24) is 5.32 Å². The van der Waals surface area contributed by atoms with Gasteiger partial charge in [-0.3, -0.25) is 4.79 Å². The smallest absolute Gasteiger partial charge is 0.220 e. The van der Waals surface area contributed by atoms with Gasteiger partial charge in [0.2, 0.25) is 5.91 Å². The summed E-state index contributed by atoms with van der Waals surface area (Å²) in [5, 5.41) is 3.39. The number of rotatable bonds is 4. The van der Waals surface area contributed by atoms with E-state index in [2.05, 4.69) is 5.32 Å². The van der Waals surface area contributed by atoms with Crippen molar-refractivity contribution in [3.05, 3.63) is 0 Å². The molecule has 3 aliphatic carbocycles. The number of hydrogen-bond acceptors (Lipinski definition) is 2. The summed E-state index contributed by atoms with van der Waals surface area (Å²) in [7, 11) is 0. The topological polar surface area (TPSA) is 55.1 Å². The molecule has 2 atom stereocenters. The van der Waals surface area contributed by atoms with Crippen LogP contribution < -0.4 is 11.1 Å². The molecule has 3 fully saturated rings. The van der Waals surface area contributed by atoms with Crippen LogP contribution in [0.4, 0.5) is 0 Å². The Kier molecular flexibility index (Phi) is 7.01. The van der Waals surface area contributed by atoms with E-state index in [1.165, 1.54) is 51.4 Å². The summed E-state index contributed by atoms with van der Waals surface area (Å²) in [4.78, 5) is 12.3. The van der Waals surface area contributed by atoms with Crippen LogP contribution in [0.5, 0.6) is 0 Å². The van der Waals surface area contributed by atoms with Gasteiger partial charge in [-0.2, -0.15) is 0 Å². The number of halogens is 1. The average Bonchev–Trinajstić information content (AvgIpc) is 2.47. The van der Waals surface area contributed by atoms with Crippen molar-refractivity contribution < 1.29 is 4.79 Å². The normalized spacial score (nSPS) is 35.5. The first-order valence-electron chi connectivity index (χ1n) is 9.27. The predicted molar refractivity (Wildman–Crippen MR) is 93.0 cm³/mol. The Morgan fingerprint density at radius 3 is 2.23 bits per heavy atom. The van der Waals surface area contributed by atoms with Crippen LogP contribution in [0.15, 0.2) is 0 Å². The van der Waals surface area contributed by atoms with E-state index in [0.29, 0.717) is 29.8 Å². The van der Waals surface area contributed by atoms with Crippen LogP contribution in [0.2, 0.25) is 0 Å². The van der Waals surface area contributed by atoms with Crippen molar-refractivity contribution in [1.29, 1.82) is 0 Å². The highest BCUT2D eigenvalue weighted by molar-refractivity contribution is 5.85. The molecule has 2 bridgehead atoms. The highest BCUT2D eigenvalue weighted by Crippen LogP contribution is 2.39. The molecule has 4 heteroatoms. The minimum Gasteiger partial charge on any atom is -0.353 e. The lowest BCUT2D eigenvalue weighted by atomic mass is 9.67. The van der Waals surface area contributed by atoms with E-state index in [4.69, 9.17) is 5.73 Å². The lowest BCUT2D eigenvalue weighted by Gasteiger charge is -2.45. The fraction of sp³-hybridized carbons (Fsp3) is 0.944. The predicted octanol–water partition coefficient (Wildman–Crippen LogP) is 3.79. The first kappa shape index (κ1) is 18.1. The number of nitrogens with one attached hydrogen (secondary N) is 1. The molecule has 0 aromatic carbocycles. The Balaban J connectivity index is 0.00000176. The van der Waals surface area contributed by atoms with Crippen LogP contribution in [0.1, 0.15) is 77.0 Å². The third-order valence-corrected chi connectivity index (χ3v) is 6.21. The van der Waals surface area contributed by atoms with Gasteiger partial charge in [-0.25, -0.2) is 0 Å². The Bertz CT molecular complexity index is 343. The molecule has 2 unspecified atom stereocenters. The van der Waals surface area contributed by atoms with E-state index < -0.39 is 0 Å². The molecule has 0 heterocycles. The summed E-state index contributed by atoms with van der Waals surface area (Å²) >= 11 is 0. The molecule has 128 valence electrons. The van der Waals surface area contributed by atoms with Gasteiger partial charge in [0, 0.05) is 18.5 Å². The third kappa shape index (κ3) is 4.61. The summed E-state index contributed by atoms with van der Waals surface area (Å²) in [6.07, 6.45) is 14.8. The summed E-state index contributed by atoms with van der Waals surface area (Å²) in [5.74, 6) is 2.40. The van der Waals surface area contributed by atoms with Crippen molar-refractivity contribution >= 4 is 18.3 Å². The van der Waals surface area contributed by atoms with E-state index in [0.717, 1.165) is 31.6 Å². The first-order valence-corrected chi connectivity index (χ1v) is 9.27. The molecule has 0 aromatic rings. The maximum absolute atomic E-state index is 12.3. The maximum atomic E-state index is 12.3. The summed E-state index contributed by atoms with van der Waals surface area (Å²) in [5.41, 5.74) is 6.16. The molecule has 0 radical (unpaired) electrons. The quantitative estimate of drug-likeness (QED) is 0.825. The largest absolute Gasteiger partial charge is 0.353 e. The molecule has 3 N–H and O–H groups in total. The van der Waals surface area contributed by atoms with Gasteiger partial charge in [0.25, 0.3) is 0 Å². The van der Waals surface area contributed by atoms with E-state index in [1.54, 1.807) is 0 Å². The monoisotopic (exact) mass is 328 g/mol. The van der Waals surface area contributed by atoms with Crippen LogP contribution in [0, 0.1) is 17.8 Å². The van der Waals surface area contributed by atoms with Crippen LogP contribution >= 0.6 is 12.4 Å². The van der Waals surface area contributed by atoms with Crippen LogP contribution in [0.25, 0.3) is 0 Å². The molecular formula is C18H33ClN2O. The van der Waals surface area contributed by atoms with Gasteiger partial charge >= 0.3 is 0 Å². The summed E-state index contributed by atoms with van der Waals surface area (Å²) in [6.45, 7) is 0. The molecule has 3 nitrogen and oxygen atoms in total. The highest BCUT2D eigenvalue weighted by atomic mass is 35.5. The SMILES string of the molecule is Cl.NC1CC2CCCC(C1)C2NC(=O)CCC1CCCCC1. The Morgan fingerprint density at radius 2 is 1.59 bits per heavy atom. The van der Waals surface area contributed by atoms with Crippen molar-refractivity contribution in [3.8, 4) is 0 Å². The fourth-order valence-corrected chi connectivity index (χ4v) is 5.09. The van der Waals surface area contributed by atoms with Gasteiger partial charge in [-0.15, -0.1) is 12.4 Å². The van der Waals surface area contributed by atoms with E-state index >= 15 is 0 Å². The minimum atomic E-state index is 0. The van der Waals surface area contributed by atoms with Crippen LogP contribution in [-0.2, 0) is 4.79 Å². The summed E-state index contributed by atoms with van der Waals surface area (Å²) < 4.78 is 0. The van der Waals surface area contributed by atoms with Gasteiger partial charge in [0.15, 0.2) is 0 Å². The van der Waals surface area contributed by atoms with E-state index in [9.17, 15) is 4.79 Å². The Labute approximate surface area is 141 Å². The zero-order chi connectivity index (χ0) is 14.7. The number of nitrogens with two attached hydrogens (primary N) is 1. The van der Waals surface area contributed by atoms with Crippen molar-refractivity contribution in [2.75, 3.05) is 0 Å². The number of hydrogen-bond donors (Lipinski definition) is 2. The molecule has 3 aliphatic rings. The Hall–Kier alpha value is -0.280. The molecule has 0 aliphatic heterocycles. The zero-order valence-corrected chi connectivity index (χ0v) is 14.6. The molecule has 0 spiro atoms. The van der Waals surface area contributed by atoms with Crippen LogP contribution in [0.3, 0.4) is 0 Å². The van der Waals surface area contributed by atoms with Gasteiger partial charge < -0.3 is 11.1 Å². The van der Waals surface area contributed by atoms with Gasteiger partial charge in [0.05, 0.1) is 0 Å². The van der Waals surface area contributed by atoms with Gasteiger partial charge in [0.1, 0.15) is 0 Å². The van der Waals surface area contributed by atoms with Crippen molar-refractivity contribution in [2.24, 2.45) is 23.5 Å². The second-order valence-electron chi connectivity index (χ2n) is 7.82. The number of amides is 1. The molecular weight excluding hydrogens is 296 g/mol. The molecule has 1 amide bonds. The standard InChI is InChI=1S/C18H32N2O.ClH/c19-16-11-14-7-4-8-15(12-16)18(14)20-17(21)10-9-13-5-2-1-3-6-13;/h13-16,18H,1-12,19H2,(H,20,21);1H. The first-order chi connectivity index (χ1) is 10.2. The number of fused-ring (bicyclic) bond motifs is 2. The Morgan fingerprint density at radius 1 is 0.955 bits per heavy atom. The van der Waals surface area contributed by atoms with E-state index in [-0.39, 0.29) is 12.4 Å². The van der Waals surface area contributed by atoms with Crippen molar-refractivity contribution in [3.63, 3.8) is 0 Å². The average molecular weight is 329 g/mol. The molecule has 3 rings (SSSR count). The minimum absolute atomic E-state index is 0. The molecule has 0 aromatic heterocycles. The fourth-order valence-electron chi connectivity index (χ4n) is 5.09. The highest BCUT2D eigenvalue weighted by Gasteiger charge is 2.39. The lowest BCUT2D eigenvalue weighted by molar-refractivity contribution is -0.123. The number of carbonyl (C=O) groups excluding carboxylic acids is 1. The second kappa shape index (κ2) is 8.54. The maximum Gasteiger partial charge on any atom is 0.220 e. The number of carbonyl (C=O) groups is 1. The summed E-state index contributed by atoms with van der Waals surface area (Å²) in [6, 6.07) is 0.799. The third-order valence-electron chi connectivity index (χ3n) is 6.21. The lowest BCUT2D eigenvalue weighted by Crippen LogP contribution is -2.53. The van der Waals surface area contributed by atoms with Crippen LogP contribution in [-0.4, -0.2) is 18.0 Å². The molecule has 22 heavy (non-hydrogen) atoms. The molecule has 0 saturated heterocycles. The molecule has 3 saturated carbocycles. The van der Waals surface area contributed by atoms with Crippen molar-refractivity contribution in [2.45, 2.75) is 89.1 Å². The van der Waals surface area contributed by atoms with E-state index in [1.807, 2.05) is 0 Å².